The maximum atomic E-state index is 10.5. The highest BCUT2D eigenvalue weighted by molar-refractivity contribution is 5.85. The molecule has 0 spiro atoms. The molecule has 0 saturated heterocycles. The molecule has 0 saturated carbocycles. The second-order valence-corrected chi connectivity index (χ2v) is 5.19. The summed E-state index contributed by atoms with van der Waals surface area (Å²) in [5.41, 5.74) is 3.00. The average molecular weight is 266 g/mol. The third kappa shape index (κ3) is 2.32. The number of aryl methyl sites for hydroxylation is 2. The fraction of sp³-hybridized carbons (Fsp3) is 0.235. The van der Waals surface area contributed by atoms with Crippen molar-refractivity contribution in [3.8, 4) is 0 Å². The Morgan fingerprint density at radius 3 is 2.60 bits per heavy atom. The normalized spacial score (nSPS) is 12.8. The van der Waals surface area contributed by atoms with E-state index in [1.54, 1.807) is 0 Å². The van der Waals surface area contributed by atoms with Gasteiger partial charge in [0.2, 0.25) is 0 Å². The largest absolute Gasteiger partial charge is 0.386 e. The zero-order valence-corrected chi connectivity index (χ0v) is 11.7. The average Bonchev–Trinajstić information content (AvgIpc) is 2.76. The third-order valence-electron chi connectivity index (χ3n) is 3.63. The Hall–Kier alpha value is -2.13. The lowest BCUT2D eigenvalue weighted by atomic mass is 10.0. The van der Waals surface area contributed by atoms with Crippen LogP contribution in [-0.4, -0.2) is 14.9 Å². The van der Waals surface area contributed by atoms with Crippen molar-refractivity contribution in [2.24, 2.45) is 0 Å². The monoisotopic (exact) mass is 266 g/mol. The van der Waals surface area contributed by atoms with Crippen molar-refractivity contribution in [3.05, 3.63) is 65.5 Å². The van der Waals surface area contributed by atoms with Crippen molar-refractivity contribution in [1.82, 2.24) is 9.78 Å². The minimum absolute atomic E-state index is 0.480. The van der Waals surface area contributed by atoms with E-state index in [1.807, 2.05) is 48.9 Å². The van der Waals surface area contributed by atoms with E-state index in [-0.39, 0.29) is 0 Å². The molecule has 3 aromatic rings. The predicted octanol–water partition coefficient (Wildman–Crippen LogP) is 3.39. The van der Waals surface area contributed by atoms with Crippen molar-refractivity contribution >= 4 is 10.8 Å². The molecule has 20 heavy (non-hydrogen) atoms. The fourth-order valence-electron chi connectivity index (χ4n) is 2.66. The lowest BCUT2D eigenvalue weighted by Crippen LogP contribution is -2.11. The molecule has 3 rings (SSSR count). The van der Waals surface area contributed by atoms with E-state index in [2.05, 4.69) is 23.3 Å². The van der Waals surface area contributed by atoms with Gasteiger partial charge in [0, 0.05) is 5.69 Å². The minimum atomic E-state index is -0.556. The molecule has 2 aromatic carbocycles. The summed E-state index contributed by atoms with van der Waals surface area (Å²) in [7, 11) is 0. The van der Waals surface area contributed by atoms with E-state index < -0.39 is 6.10 Å². The van der Waals surface area contributed by atoms with Crippen LogP contribution >= 0.6 is 0 Å². The maximum absolute atomic E-state index is 10.5. The van der Waals surface area contributed by atoms with Crippen LogP contribution in [0, 0.1) is 13.8 Å². The van der Waals surface area contributed by atoms with Gasteiger partial charge in [-0.15, -0.1) is 0 Å². The van der Waals surface area contributed by atoms with Crippen molar-refractivity contribution < 1.29 is 5.11 Å². The van der Waals surface area contributed by atoms with Crippen LogP contribution in [0.1, 0.15) is 23.1 Å². The van der Waals surface area contributed by atoms with E-state index >= 15 is 0 Å². The molecule has 102 valence electrons. The van der Waals surface area contributed by atoms with Crippen molar-refractivity contribution in [3.63, 3.8) is 0 Å². The van der Waals surface area contributed by atoms with Gasteiger partial charge in [-0.25, -0.2) is 0 Å². The molecular weight excluding hydrogens is 248 g/mol. The zero-order valence-electron chi connectivity index (χ0n) is 11.7. The fourth-order valence-corrected chi connectivity index (χ4v) is 2.66. The number of fused-ring (bicyclic) bond motifs is 1. The number of aliphatic hydroxyl groups is 1. The highest BCUT2D eigenvalue weighted by Gasteiger charge is 2.13. The van der Waals surface area contributed by atoms with Gasteiger partial charge in [-0.1, -0.05) is 42.5 Å². The summed E-state index contributed by atoms with van der Waals surface area (Å²) < 4.78 is 1.86. The van der Waals surface area contributed by atoms with Crippen LogP contribution in [0.3, 0.4) is 0 Å². The molecule has 0 aliphatic carbocycles. The quantitative estimate of drug-likeness (QED) is 0.789. The second kappa shape index (κ2) is 5.10. The molecule has 0 aliphatic heterocycles. The molecule has 1 unspecified atom stereocenters. The molecule has 0 aliphatic rings. The molecule has 1 atom stereocenters. The van der Waals surface area contributed by atoms with E-state index in [0.717, 1.165) is 27.7 Å². The topological polar surface area (TPSA) is 38.0 Å². The van der Waals surface area contributed by atoms with Gasteiger partial charge in [0.05, 0.1) is 18.3 Å². The van der Waals surface area contributed by atoms with Gasteiger partial charge in [0.1, 0.15) is 0 Å². The summed E-state index contributed by atoms with van der Waals surface area (Å²) in [4.78, 5) is 0. The van der Waals surface area contributed by atoms with Crippen LogP contribution < -0.4 is 0 Å². The standard InChI is InChI=1S/C17H18N2O/c1-12-10-13(2)19(18-12)11-17(20)16-9-5-7-14-6-3-4-8-15(14)16/h3-10,17,20H,11H2,1-2H3. The van der Waals surface area contributed by atoms with Gasteiger partial charge in [0.25, 0.3) is 0 Å². The summed E-state index contributed by atoms with van der Waals surface area (Å²) >= 11 is 0. The third-order valence-corrected chi connectivity index (χ3v) is 3.63. The molecule has 0 fully saturated rings. The van der Waals surface area contributed by atoms with Gasteiger partial charge in [0.15, 0.2) is 0 Å². The molecule has 0 bridgehead atoms. The van der Waals surface area contributed by atoms with E-state index in [9.17, 15) is 5.11 Å². The number of benzene rings is 2. The molecule has 1 aromatic heterocycles. The van der Waals surface area contributed by atoms with Crippen LogP contribution in [0.4, 0.5) is 0 Å². The molecule has 3 nitrogen and oxygen atoms in total. The highest BCUT2D eigenvalue weighted by Crippen LogP contribution is 2.25. The first kappa shape index (κ1) is 12.9. The Kier molecular flexibility index (Phi) is 3.28. The molecule has 0 radical (unpaired) electrons. The summed E-state index contributed by atoms with van der Waals surface area (Å²) in [5, 5.41) is 17.2. The summed E-state index contributed by atoms with van der Waals surface area (Å²) in [6.45, 7) is 4.46. The summed E-state index contributed by atoms with van der Waals surface area (Å²) in [6.07, 6.45) is -0.556. The molecule has 1 heterocycles. The van der Waals surface area contributed by atoms with Gasteiger partial charge < -0.3 is 5.11 Å². The van der Waals surface area contributed by atoms with Gasteiger partial charge in [-0.05, 0) is 36.2 Å². The first-order chi connectivity index (χ1) is 9.65. The molecule has 3 heteroatoms. The minimum Gasteiger partial charge on any atom is -0.386 e. The van der Waals surface area contributed by atoms with Crippen molar-refractivity contribution in [2.75, 3.05) is 0 Å². The maximum Gasteiger partial charge on any atom is 0.0991 e. The Labute approximate surface area is 118 Å². The Bertz CT molecular complexity index is 740. The lowest BCUT2D eigenvalue weighted by molar-refractivity contribution is 0.152. The van der Waals surface area contributed by atoms with Crippen molar-refractivity contribution in [2.45, 2.75) is 26.5 Å². The van der Waals surface area contributed by atoms with E-state index in [4.69, 9.17) is 0 Å². The van der Waals surface area contributed by atoms with E-state index in [1.165, 1.54) is 0 Å². The van der Waals surface area contributed by atoms with Gasteiger partial charge in [-0.2, -0.15) is 5.10 Å². The van der Waals surface area contributed by atoms with Crippen molar-refractivity contribution in [1.29, 1.82) is 0 Å². The van der Waals surface area contributed by atoms with Crippen LogP contribution in [0.25, 0.3) is 10.8 Å². The van der Waals surface area contributed by atoms with Crippen LogP contribution in [0.15, 0.2) is 48.5 Å². The summed E-state index contributed by atoms with van der Waals surface area (Å²) in [6, 6.07) is 16.2. The van der Waals surface area contributed by atoms with Gasteiger partial charge >= 0.3 is 0 Å². The first-order valence-electron chi connectivity index (χ1n) is 6.82. The summed E-state index contributed by atoms with van der Waals surface area (Å²) in [5.74, 6) is 0. The molecule has 0 amide bonds. The number of hydrogen-bond donors (Lipinski definition) is 1. The van der Waals surface area contributed by atoms with Gasteiger partial charge in [-0.3, -0.25) is 4.68 Å². The Balaban J connectivity index is 1.96. The molecule has 1 N–H and O–H groups in total. The highest BCUT2D eigenvalue weighted by atomic mass is 16.3. The number of rotatable bonds is 3. The van der Waals surface area contributed by atoms with Crippen LogP contribution in [0.5, 0.6) is 0 Å². The smallest absolute Gasteiger partial charge is 0.0991 e. The lowest BCUT2D eigenvalue weighted by Gasteiger charge is -2.15. The molecular formula is C17H18N2O. The number of aromatic nitrogens is 2. The second-order valence-electron chi connectivity index (χ2n) is 5.19. The Morgan fingerprint density at radius 2 is 1.85 bits per heavy atom. The van der Waals surface area contributed by atoms with Crippen LogP contribution in [-0.2, 0) is 6.54 Å². The first-order valence-corrected chi connectivity index (χ1v) is 6.82. The van der Waals surface area contributed by atoms with E-state index in [0.29, 0.717) is 6.54 Å². The number of aliphatic hydroxyl groups excluding tert-OH is 1. The van der Waals surface area contributed by atoms with Crippen LogP contribution in [0.2, 0.25) is 0 Å². The number of nitrogens with zero attached hydrogens (tertiary/aromatic N) is 2. The SMILES string of the molecule is Cc1cc(C)n(CC(O)c2cccc3ccccc23)n1. The number of hydrogen-bond acceptors (Lipinski definition) is 2. The Morgan fingerprint density at radius 1 is 1.10 bits per heavy atom. The zero-order chi connectivity index (χ0) is 14.1. The predicted molar refractivity (Wildman–Crippen MR) is 80.6 cm³/mol.